The van der Waals surface area contributed by atoms with E-state index in [4.69, 9.17) is 0 Å². The molecule has 4 nitrogen and oxygen atoms in total. The zero-order chi connectivity index (χ0) is 30.9. The smallest absolute Gasteiger partial charge is 0.335 e. The molecular formula is C28H17F10N3O. The summed E-state index contributed by atoms with van der Waals surface area (Å²) in [6.07, 6.45) is -15.8. The zero-order valence-corrected chi connectivity index (χ0v) is 20.9. The number of pyridine rings is 2. The predicted molar refractivity (Wildman–Crippen MR) is 128 cm³/mol. The van der Waals surface area contributed by atoms with Gasteiger partial charge in [-0.1, -0.05) is 42.5 Å². The molecule has 0 saturated heterocycles. The lowest BCUT2D eigenvalue weighted by Crippen LogP contribution is -2.50. The lowest BCUT2D eigenvalue weighted by molar-refractivity contribution is -0.141. The van der Waals surface area contributed by atoms with Gasteiger partial charge in [0.1, 0.15) is 22.7 Å². The molecule has 0 unspecified atom stereocenters. The average molecular weight is 601 g/mol. The standard InChI is InChI=1S/C28H17F10N3O/c29-19-13-12-17(14-18(19)26(30,31)32)24(42)41-25(15-16-6-2-1-3-7-16,20-8-4-10-22(39-20)27(33,34)35)21-9-5-11-23(40-21)28(36,37)38/h1-14H,15H2,(H,41,42). The molecule has 0 radical (unpaired) electrons. The zero-order valence-electron chi connectivity index (χ0n) is 20.9. The fraction of sp³-hybridized carbons (Fsp3) is 0.179. The average Bonchev–Trinajstić information content (AvgIpc) is 2.92. The number of nitrogens with zero attached hydrogens (tertiary/aromatic N) is 2. The number of carbonyl (C=O) groups excluding carboxylic acids is 1. The van der Waals surface area contributed by atoms with Crippen molar-refractivity contribution >= 4 is 5.91 Å². The quantitative estimate of drug-likeness (QED) is 0.232. The first-order chi connectivity index (χ1) is 19.5. The fourth-order valence-corrected chi connectivity index (χ4v) is 4.20. The second-order valence-corrected chi connectivity index (χ2v) is 9.03. The van der Waals surface area contributed by atoms with Crippen LogP contribution >= 0.6 is 0 Å². The van der Waals surface area contributed by atoms with Crippen molar-refractivity contribution in [1.82, 2.24) is 15.3 Å². The van der Waals surface area contributed by atoms with Crippen molar-refractivity contribution in [3.8, 4) is 0 Å². The monoisotopic (exact) mass is 601 g/mol. The van der Waals surface area contributed by atoms with Gasteiger partial charge in [-0.25, -0.2) is 14.4 Å². The van der Waals surface area contributed by atoms with Crippen molar-refractivity contribution in [3.63, 3.8) is 0 Å². The van der Waals surface area contributed by atoms with Crippen LogP contribution in [0.1, 0.15) is 44.3 Å². The molecule has 1 amide bonds. The van der Waals surface area contributed by atoms with Crippen molar-refractivity contribution in [1.29, 1.82) is 0 Å². The highest BCUT2D eigenvalue weighted by Crippen LogP contribution is 2.37. The van der Waals surface area contributed by atoms with E-state index in [1.807, 2.05) is 0 Å². The Morgan fingerprint density at radius 2 is 1.12 bits per heavy atom. The summed E-state index contributed by atoms with van der Waals surface area (Å²) in [6, 6.07) is 13.8. The lowest BCUT2D eigenvalue weighted by atomic mass is 9.82. The van der Waals surface area contributed by atoms with E-state index in [0.717, 1.165) is 24.3 Å². The summed E-state index contributed by atoms with van der Waals surface area (Å²) in [7, 11) is 0. The number of benzene rings is 2. The summed E-state index contributed by atoms with van der Waals surface area (Å²) in [5, 5.41) is 2.29. The van der Waals surface area contributed by atoms with Gasteiger partial charge in [-0.2, -0.15) is 39.5 Å². The van der Waals surface area contributed by atoms with Gasteiger partial charge in [-0.3, -0.25) is 4.79 Å². The molecule has 0 atom stereocenters. The van der Waals surface area contributed by atoms with Gasteiger partial charge < -0.3 is 5.32 Å². The Morgan fingerprint density at radius 3 is 1.60 bits per heavy atom. The third-order valence-electron chi connectivity index (χ3n) is 6.13. The maximum Gasteiger partial charge on any atom is 0.433 e. The summed E-state index contributed by atoms with van der Waals surface area (Å²) in [6.45, 7) is 0. The van der Waals surface area contributed by atoms with Crippen molar-refractivity contribution in [2.45, 2.75) is 30.5 Å². The molecular weight excluding hydrogens is 584 g/mol. The van der Waals surface area contributed by atoms with Crippen LogP contribution in [0.25, 0.3) is 0 Å². The van der Waals surface area contributed by atoms with Gasteiger partial charge in [-0.15, -0.1) is 0 Å². The van der Waals surface area contributed by atoms with E-state index in [9.17, 15) is 48.7 Å². The molecule has 2 heterocycles. The maximum atomic E-state index is 13.9. The van der Waals surface area contributed by atoms with Crippen LogP contribution in [-0.2, 0) is 30.5 Å². The number of alkyl halides is 9. The summed E-state index contributed by atoms with van der Waals surface area (Å²) in [4.78, 5) is 20.6. The number of nitrogens with one attached hydrogen (secondary N) is 1. The first-order valence-corrected chi connectivity index (χ1v) is 11.8. The maximum absolute atomic E-state index is 13.9. The van der Waals surface area contributed by atoms with Gasteiger partial charge in [0.2, 0.25) is 0 Å². The summed E-state index contributed by atoms with van der Waals surface area (Å²) >= 11 is 0. The molecule has 0 spiro atoms. The Bertz CT molecular complexity index is 1520. The Balaban J connectivity index is 2.00. The van der Waals surface area contributed by atoms with Crippen LogP contribution < -0.4 is 5.32 Å². The highest BCUT2D eigenvalue weighted by Gasteiger charge is 2.44. The normalized spacial score (nSPS) is 12.7. The number of halogens is 10. The largest absolute Gasteiger partial charge is 0.433 e. The Kier molecular flexibility index (Phi) is 8.03. The minimum atomic E-state index is -5.22. The molecule has 42 heavy (non-hydrogen) atoms. The minimum Gasteiger partial charge on any atom is -0.335 e. The predicted octanol–water partition coefficient (Wildman–Crippen LogP) is 7.59. The second-order valence-electron chi connectivity index (χ2n) is 9.03. The van der Waals surface area contributed by atoms with E-state index >= 15 is 0 Å². The van der Waals surface area contributed by atoms with Crippen LogP contribution in [0.3, 0.4) is 0 Å². The SMILES string of the molecule is O=C(NC(Cc1ccccc1)(c1cccc(C(F)(F)F)n1)c1cccc(C(F)(F)F)n1)c1ccc(F)c(C(F)(F)F)c1. The van der Waals surface area contributed by atoms with E-state index in [0.29, 0.717) is 24.3 Å². The van der Waals surface area contributed by atoms with Crippen LogP contribution in [0, 0.1) is 5.82 Å². The van der Waals surface area contributed by atoms with Crippen molar-refractivity contribution in [2.24, 2.45) is 0 Å². The van der Waals surface area contributed by atoms with Crippen LogP contribution in [-0.4, -0.2) is 15.9 Å². The highest BCUT2D eigenvalue weighted by atomic mass is 19.4. The van der Waals surface area contributed by atoms with Crippen LogP contribution in [0.15, 0.2) is 84.9 Å². The molecule has 0 saturated carbocycles. The molecule has 2 aromatic carbocycles. The minimum absolute atomic E-state index is 0.178. The first-order valence-electron chi connectivity index (χ1n) is 11.8. The van der Waals surface area contributed by atoms with E-state index in [-0.39, 0.29) is 11.6 Å². The summed E-state index contributed by atoms with van der Waals surface area (Å²) in [5.74, 6) is -3.08. The molecule has 0 aliphatic heterocycles. The van der Waals surface area contributed by atoms with E-state index in [2.05, 4.69) is 15.3 Å². The van der Waals surface area contributed by atoms with Crippen molar-refractivity contribution < 1.29 is 48.7 Å². The molecule has 1 N–H and O–H groups in total. The van der Waals surface area contributed by atoms with Gasteiger partial charge in [0.15, 0.2) is 0 Å². The van der Waals surface area contributed by atoms with E-state index in [1.165, 1.54) is 24.3 Å². The Labute approximate surface area is 231 Å². The number of aromatic nitrogens is 2. The van der Waals surface area contributed by atoms with Gasteiger partial charge in [0, 0.05) is 12.0 Å². The summed E-state index contributed by atoms with van der Waals surface area (Å²) < 4.78 is 136. The van der Waals surface area contributed by atoms with Crippen molar-refractivity contribution in [3.05, 3.63) is 130 Å². The van der Waals surface area contributed by atoms with Crippen molar-refractivity contribution in [2.75, 3.05) is 0 Å². The number of carbonyl (C=O) groups is 1. The van der Waals surface area contributed by atoms with Gasteiger partial charge in [-0.05, 0) is 48.0 Å². The molecule has 220 valence electrons. The third kappa shape index (κ3) is 6.52. The number of hydrogen-bond donors (Lipinski definition) is 1. The molecule has 14 heteroatoms. The van der Waals surface area contributed by atoms with E-state index in [1.54, 1.807) is 6.07 Å². The summed E-state index contributed by atoms with van der Waals surface area (Å²) in [5.41, 5.74) is -8.84. The molecule has 0 bridgehead atoms. The van der Waals surface area contributed by atoms with Gasteiger partial charge >= 0.3 is 18.5 Å². The fourth-order valence-electron chi connectivity index (χ4n) is 4.20. The molecule has 4 rings (SSSR count). The molecule has 0 fully saturated rings. The molecule has 2 aromatic heterocycles. The topological polar surface area (TPSA) is 54.9 Å². The third-order valence-corrected chi connectivity index (χ3v) is 6.13. The number of hydrogen-bond acceptors (Lipinski definition) is 3. The highest BCUT2D eigenvalue weighted by molar-refractivity contribution is 5.95. The molecule has 0 aliphatic carbocycles. The van der Waals surface area contributed by atoms with E-state index < -0.39 is 76.1 Å². The lowest BCUT2D eigenvalue weighted by Gasteiger charge is -2.35. The van der Waals surface area contributed by atoms with Crippen LogP contribution in [0.4, 0.5) is 43.9 Å². The van der Waals surface area contributed by atoms with Gasteiger partial charge in [0.05, 0.1) is 17.0 Å². The van der Waals surface area contributed by atoms with Crippen LogP contribution in [0.5, 0.6) is 0 Å². The number of rotatable bonds is 6. The Morgan fingerprint density at radius 1 is 0.619 bits per heavy atom. The first kappa shape index (κ1) is 30.5. The molecule has 0 aliphatic rings. The Hall–Kier alpha value is -4.49. The van der Waals surface area contributed by atoms with Crippen LogP contribution in [0.2, 0.25) is 0 Å². The second kappa shape index (κ2) is 11.1. The van der Waals surface area contributed by atoms with Gasteiger partial charge in [0.25, 0.3) is 5.91 Å². The number of amides is 1. The molecule has 4 aromatic rings.